The Bertz CT molecular complexity index is 394. The van der Waals surface area contributed by atoms with E-state index in [0.717, 1.165) is 44.2 Å². The predicted octanol–water partition coefficient (Wildman–Crippen LogP) is 2.96. The molecule has 1 aliphatic rings. The summed E-state index contributed by atoms with van der Waals surface area (Å²) in [5.74, 6) is -0.482. The molecule has 0 aliphatic carbocycles. The maximum Gasteiger partial charge on any atom is 0.126 e. The van der Waals surface area contributed by atoms with Crippen molar-refractivity contribution in [1.29, 1.82) is 0 Å². The summed E-state index contributed by atoms with van der Waals surface area (Å²) in [6.07, 6.45) is 0.920. The summed E-state index contributed by atoms with van der Waals surface area (Å²) in [5, 5.41) is 3.31. The van der Waals surface area contributed by atoms with Gasteiger partial charge in [0.15, 0.2) is 0 Å². The van der Waals surface area contributed by atoms with Gasteiger partial charge in [-0.1, -0.05) is 13.8 Å². The highest BCUT2D eigenvalue weighted by atomic mass is 19.1. The highest BCUT2D eigenvalue weighted by Gasteiger charge is 2.23. The first-order valence-electron chi connectivity index (χ1n) is 6.97. The topological polar surface area (TPSA) is 15.3 Å². The number of nitrogens with zero attached hydrogens (tertiary/aromatic N) is 1. The molecule has 1 atom stereocenters. The van der Waals surface area contributed by atoms with Crippen LogP contribution in [0.25, 0.3) is 0 Å². The Morgan fingerprint density at radius 2 is 1.68 bits per heavy atom. The standard InChI is InChI=1S/C15H22F2N2/c1-11(2)7-15(19-5-3-18-4-6-19)12-8-13(16)10-14(17)9-12/h8-11,15,18H,3-7H2,1-2H3/t15-/m1/s1. The van der Waals surface area contributed by atoms with Gasteiger partial charge in [-0.25, -0.2) is 8.78 Å². The summed E-state index contributed by atoms with van der Waals surface area (Å²) < 4.78 is 26.8. The molecule has 106 valence electrons. The molecule has 0 unspecified atom stereocenters. The molecule has 1 fully saturated rings. The lowest BCUT2D eigenvalue weighted by Crippen LogP contribution is -2.45. The molecule has 0 saturated carbocycles. The van der Waals surface area contributed by atoms with Crippen LogP contribution >= 0.6 is 0 Å². The molecule has 1 aromatic carbocycles. The zero-order chi connectivity index (χ0) is 13.8. The Balaban J connectivity index is 2.24. The van der Waals surface area contributed by atoms with Crippen molar-refractivity contribution in [3.05, 3.63) is 35.4 Å². The maximum atomic E-state index is 13.4. The second kappa shape index (κ2) is 6.44. The van der Waals surface area contributed by atoms with Gasteiger partial charge >= 0.3 is 0 Å². The third-order valence-electron chi connectivity index (χ3n) is 3.56. The molecule has 0 radical (unpaired) electrons. The molecule has 1 heterocycles. The number of nitrogens with one attached hydrogen (secondary N) is 1. The van der Waals surface area contributed by atoms with Gasteiger partial charge in [0.2, 0.25) is 0 Å². The van der Waals surface area contributed by atoms with Crippen molar-refractivity contribution in [3.63, 3.8) is 0 Å². The average molecular weight is 268 g/mol. The summed E-state index contributed by atoms with van der Waals surface area (Å²) in [7, 11) is 0. The van der Waals surface area contributed by atoms with Crippen molar-refractivity contribution in [3.8, 4) is 0 Å². The van der Waals surface area contributed by atoms with Crippen LogP contribution in [0.2, 0.25) is 0 Å². The van der Waals surface area contributed by atoms with Crippen LogP contribution in [0.3, 0.4) is 0 Å². The van der Waals surface area contributed by atoms with Crippen LogP contribution < -0.4 is 5.32 Å². The Morgan fingerprint density at radius 1 is 1.11 bits per heavy atom. The first-order chi connectivity index (χ1) is 9.06. The van der Waals surface area contributed by atoms with E-state index in [1.165, 1.54) is 12.1 Å². The van der Waals surface area contributed by atoms with Crippen molar-refractivity contribution >= 4 is 0 Å². The van der Waals surface area contributed by atoms with Crippen molar-refractivity contribution in [2.45, 2.75) is 26.3 Å². The van der Waals surface area contributed by atoms with E-state index in [0.29, 0.717) is 5.92 Å². The minimum Gasteiger partial charge on any atom is -0.314 e. The van der Waals surface area contributed by atoms with Crippen molar-refractivity contribution < 1.29 is 8.78 Å². The van der Waals surface area contributed by atoms with Gasteiger partial charge in [0, 0.05) is 38.3 Å². The van der Waals surface area contributed by atoms with Crippen molar-refractivity contribution in [2.24, 2.45) is 5.92 Å². The normalized spacial score (nSPS) is 18.8. The molecule has 4 heteroatoms. The lowest BCUT2D eigenvalue weighted by atomic mass is 9.95. The molecule has 0 aromatic heterocycles. The second-order valence-electron chi connectivity index (χ2n) is 5.63. The summed E-state index contributed by atoms with van der Waals surface area (Å²) in [6.45, 7) is 8.01. The van der Waals surface area contributed by atoms with E-state index in [1.54, 1.807) is 0 Å². The van der Waals surface area contributed by atoms with Gasteiger partial charge in [-0.2, -0.15) is 0 Å². The average Bonchev–Trinajstić information content (AvgIpc) is 2.35. The Hall–Kier alpha value is -1.00. The van der Waals surface area contributed by atoms with Gasteiger partial charge in [0.1, 0.15) is 11.6 Å². The number of piperazine rings is 1. The van der Waals surface area contributed by atoms with E-state index in [-0.39, 0.29) is 6.04 Å². The smallest absolute Gasteiger partial charge is 0.126 e. The van der Waals surface area contributed by atoms with Crippen LogP contribution in [0.1, 0.15) is 31.9 Å². The Labute approximate surface area is 113 Å². The van der Waals surface area contributed by atoms with Crippen LogP contribution in [-0.4, -0.2) is 31.1 Å². The van der Waals surface area contributed by atoms with Gasteiger partial charge < -0.3 is 5.32 Å². The molecule has 2 rings (SSSR count). The van der Waals surface area contributed by atoms with Crippen molar-refractivity contribution in [2.75, 3.05) is 26.2 Å². The highest BCUT2D eigenvalue weighted by Crippen LogP contribution is 2.29. The van der Waals surface area contributed by atoms with E-state index in [1.807, 2.05) is 0 Å². The highest BCUT2D eigenvalue weighted by molar-refractivity contribution is 5.22. The van der Waals surface area contributed by atoms with Crippen LogP contribution in [-0.2, 0) is 0 Å². The summed E-state index contributed by atoms with van der Waals surface area (Å²) in [4.78, 5) is 2.32. The molecule has 0 spiro atoms. The van der Waals surface area contributed by atoms with E-state index < -0.39 is 11.6 Å². The summed E-state index contributed by atoms with van der Waals surface area (Å²) in [6, 6.07) is 3.98. The SMILES string of the molecule is CC(C)C[C@H](c1cc(F)cc(F)c1)N1CCNCC1. The molecule has 19 heavy (non-hydrogen) atoms. The van der Waals surface area contributed by atoms with E-state index in [2.05, 4.69) is 24.1 Å². The number of hydrogen-bond acceptors (Lipinski definition) is 2. The minimum atomic E-state index is -0.487. The second-order valence-corrected chi connectivity index (χ2v) is 5.63. The van der Waals surface area contributed by atoms with Gasteiger partial charge in [0.25, 0.3) is 0 Å². The number of rotatable bonds is 4. The third-order valence-corrected chi connectivity index (χ3v) is 3.56. The zero-order valence-corrected chi connectivity index (χ0v) is 11.6. The third kappa shape index (κ3) is 3.98. The lowest BCUT2D eigenvalue weighted by molar-refractivity contribution is 0.153. The molecular weight excluding hydrogens is 246 g/mol. The van der Waals surface area contributed by atoms with Crippen LogP contribution in [0.15, 0.2) is 18.2 Å². The molecule has 0 amide bonds. The quantitative estimate of drug-likeness (QED) is 0.903. The fourth-order valence-electron chi connectivity index (χ4n) is 2.70. The van der Waals surface area contributed by atoms with Crippen LogP contribution in [0.4, 0.5) is 8.78 Å². The number of hydrogen-bond donors (Lipinski definition) is 1. The van der Waals surface area contributed by atoms with Gasteiger partial charge in [0.05, 0.1) is 0 Å². The first-order valence-corrected chi connectivity index (χ1v) is 6.97. The molecule has 1 saturated heterocycles. The largest absolute Gasteiger partial charge is 0.314 e. The lowest BCUT2D eigenvalue weighted by Gasteiger charge is -2.36. The van der Waals surface area contributed by atoms with Gasteiger partial charge in [-0.05, 0) is 30.0 Å². The fraction of sp³-hybridized carbons (Fsp3) is 0.600. The van der Waals surface area contributed by atoms with E-state index >= 15 is 0 Å². The Morgan fingerprint density at radius 3 is 2.21 bits per heavy atom. The fourth-order valence-corrected chi connectivity index (χ4v) is 2.70. The van der Waals surface area contributed by atoms with Gasteiger partial charge in [-0.15, -0.1) is 0 Å². The summed E-state index contributed by atoms with van der Waals surface area (Å²) >= 11 is 0. The number of benzene rings is 1. The van der Waals surface area contributed by atoms with E-state index in [9.17, 15) is 8.78 Å². The molecule has 0 bridgehead atoms. The van der Waals surface area contributed by atoms with Crippen LogP contribution in [0, 0.1) is 17.6 Å². The molecule has 1 aromatic rings. The summed E-state index contributed by atoms with van der Waals surface area (Å²) in [5.41, 5.74) is 0.758. The molecule has 1 aliphatic heterocycles. The first kappa shape index (κ1) is 14.4. The molecular formula is C15H22F2N2. The number of halogens is 2. The van der Waals surface area contributed by atoms with Crippen LogP contribution in [0.5, 0.6) is 0 Å². The van der Waals surface area contributed by atoms with E-state index in [4.69, 9.17) is 0 Å². The molecule has 2 nitrogen and oxygen atoms in total. The minimum absolute atomic E-state index is 0.104. The van der Waals surface area contributed by atoms with Gasteiger partial charge in [-0.3, -0.25) is 4.90 Å². The predicted molar refractivity (Wildman–Crippen MR) is 73.0 cm³/mol. The maximum absolute atomic E-state index is 13.4. The zero-order valence-electron chi connectivity index (χ0n) is 11.6. The Kier molecular flexibility index (Phi) is 4.88. The van der Waals surface area contributed by atoms with Crippen molar-refractivity contribution in [1.82, 2.24) is 10.2 Å². The monoisotopic (exact) mass is 268 g/mol. The molecule has 1 N–H and O–H groups in total.